The number of rotatable bonds is 3. The molecule has 1 aromatic rings. The number of anilines is 2. The lowest BCUT2D eigenvalue weighted by Crippen LogP contribution is -2.45. The second-order valence-corrected chi connectivity index (χ2v) is 6.02. The maximum Gasteiger partial charge on any atom is 0.145 e. The Kier molecular flexibility index (Phi) is 4.29. The molecule has 6 heteroatoms. The van der Waals surface area contributed by atoms with Crippen molar-refractivity contribution in [1.29, 1.82) is 0 Å². The molecule has 0 aromatic carbocycles. The maximum atomic E-state index is 5.47. The van der Waals surface area contributed by atoms with Crippen molar-refractivity contribution in [2.45, 2.75) is 38.5 Å². The highest BCUT2D eigenvalue weighted by molar-refractivity contribution is 8.00. The molecular formula is C12H21N5S. The van der Waals surface area contributed by atoms with Gasteiger partial charge in [-0.3, -0.25) is 0 Å². The Morgan fingerprint density at radius 2 is 2.28 bits per heavy atom. The molecule has 0 radical (unpaired) electrons. The lowest BCUT2D eigenvalue weighted by molar-refractivity contribution is 0.618. The Morgan fingerprint density at radius 3 is 2.94 bits per heavy atom. The summed E-state index contributed by atoms with van der Waals surface area (Å²) < 4.78 is 0. The van der Waals surface area contributed by atoms with Gasteiger partial charge in [0.05, 0.1) is 0 Å². The Bertz CT molecular complexity index is 389. The van der Waals surface area contributed by atoms with Crippen LogP contribution >= 0.6 is 11.8 Å². The van der Waals surface area contributed by atoms with Crippen LogP contribution in [0.2, 0.25) is 0 Å². The van der Waals surface area contributed by atoms with Crippen molar-refractivity contribution < 1.29 is 0 Å². The van der Waals surface area contributed by atoms with Gasteiger partial charge in [-0.1, -0.05) is 13.8 Å². The van der Waals surface area contributed by atoms with E-state index in [1.165, 1.54) is 0 Å². The Labute approximate surface area is 113 Å². The molecule has 2 rings (SSSR count). The van der Waals surface area contributed by atoms with Crippen LogP contribution in [0.3, 0.4) is 0 Å². The summed E-state index contributed by atoms with van der Waals surface area (Å²) in [6.45, 7) is 7.60. The molecule has 1 aromatic heterocycles. The molecule has 0 saturated carbocycles. The van der Waals surface area contributed by atoms with Gasteiger partial charge in [0.1, 0.15) is 17.5 Å². The van der Waals surface area contributed by atoms with E-state index in [4.69, 9.17) is 5.84 Å². The van der Waals surface area contributed by atoms with Crippen LogP contribution in [0.1, 0.15) is 26.6 Å². The van der Waals surface area contributed by atoms with Crippen LogP contribution in [-0.4, -0.2) is 33.6 Å². The molecule has 2 unspecified atom stereocenters. The Balaban J connectivity index is 2.31. The Hall–Kier alpha value is -1.01. The molecule has 18 heavy (non-hydrogen) atoms. The number of nitrogens with zero attached hydrogens (tertiary/aromatic N) is 3. The van der Waals surface area contributed by atoms with E-state index in [-0.39, 0.29) is 0 Å². The number of hydrogen-bond acceptors (Lipinski definition) is 6. The minimum absolute atomic E-state index is 0.481. The first-order valence-corrected chi connectivity index (χ1v) is 7.43. The number of aromatic nitrogens is 2. The average Bonchev–Trinajstić information content (AvgIpc) is 2.41. The van der Waals surface area contributed by atoms with Gasteiger partial charge < -0.3 is 10.3 Å². The number of nitrogens with two attached hydrogens (primary N) is 1. The first-order chi connectivity index (χ1) is 8.65. The van der Waals surface area contributed by atoms with Gasteiger partial charge in [-0.05, 0) is 6.92 Å². The van der Waals surface area contributed by atoms with Crippen LogP contribution in [0.4, 0.5) is 11.6 Å². The van der Waals surface area contributed by atoms with Crippen molar-refractivity contribution in [2.75, 3.05) is 22.6 Å². The van der Waals surface area contributed by atoms with Crippen molar-refractivity contribution in [3.05, 3.63) is 11.9 Å². The molecule has 1 aliphatic heterocycles. The van der Waals surface area contributed by atoms with Crippen molar-refractivity contribution in [1.82, 2.24) is 9.97 Å². The summed E-state index contributed by atoms with van der Waals surface area (Å²) in [5, 5.41) is 0.619. The predicted molar refractivity (Wildman–Crippen MR) is 77.9 cm³/mol. The first-order valence-electron chi connectivity index (χ1n) is 6.38. The number of thioether (sulfide) groups is 1. The SMILES string of the molecule is CCc1nc(NN)cc(N2CCSC(C)C2C)n1. The highest BCUT2D eigenvalue weighted by Gasteiger charge is 2.26. The third-order valence-corrected chi connectivity index (χ3v) is 4.74. The summed E-state index contributed by atoms with van der Waals surface area (Å²) >= 11 is 2.02. The molecule has 2 atom stereocenters. The molecule has 0 bridgehead atoms. The highest BCUT2D eigenvalue weighted by Crippen LogP contribution is 2.28. The summed E-state index contributed by atoms with van der Waals surface area (Å²) in [6.07, 6.45) is 0.815. The molecule has 0 amide bonds. The average molecular weight is 267 g/mol. The van der Waals surface area contributed by atoms with Gasteiger partial charge in [-0.2, -0.15) is 11.8 Å². The van der Waals surface area contributed by atoms with Gasteiger partial charge >= 0.3 is 0 Å². The van der Waals surface area contributed by atoms with E-state index in [1.54, 1.807) is 0 Å². The summed E-state index contributed by atoms with van der Waals surface area (Å²) in [5.41, 5.74) is 2.62. The fourth-order valence-electron chi connectivity index (χ4n) is 2.12. The topological polar surface area (TPSA) is 67.1 Å². The minimum Gasteiger partial charge on any atom is -0.352 e. The number of nitrogen functional groups attached to an aromatic ring is 1. The predicted octanol–water partition coefficient (Wildman–Crippen LogP) is 1.65. The van der Waals surface area contributed by atoms with Crippen LogP contribution in [0.5, 0.6) is 0 Å². The monoisotopic (exact) mass is 267 g/mol. The standard InChI is InChI=1S/C12H21N5S/c1-4-10-14-11(16-13)7-12(15-10)17-5-6-18-9(3)8(17)2/h7-9H,4-6,13H2,1-3H3,(H,14,15,16). The molecule has 1 saturated heterocycles. The van der Waals surface area contributed by atoms with E-state index >= 15 is 0 Å². The van der Waals surface area contributed by atoms with Crippen molar-refractivity contribution in [3.63, 3.8) is 0 Å². The molecule has 2 heterocycles. The lowest BCUT2D eigenvalue weighted by atomic mass is 10.2. The number of nitrogens with one attached hydrogen (secondary N) is 1. The van der Waals surface area contributed by atoms with Gasteiger partial charge in [0.15, 0.2) is 0 Å². The van der Waals surface area contributed by atoms with Crippen molar-refractivity contribution in [3.8, 4) is 0 Å². The summed E-state index contributed by atoms with van der Waals surface area (Å²) in [4.78, 5) is 11.3. The van der Waals surface area contributed by atoms with Crippen LogP contribution in [-0.2, 0) is 6.42 Å². The van der Waals surface area contributed by atoms with Gasteiger partial charge in [-0.25, -0.2) is 15.8 Å². The first kappa shape index (κ1) is 13.4. The molecule has 0 aliphatic carbocycles. The molecule has 5 nitrogen and oxygen atoms in total. The van der Waals surface area contributed by atoms with E-state index in [0.717, 1.165) is 30.4 Å². The molecule has 1 fully saturated rings. The van der Waals surface area contributed by atoms with Gasteiger partial charge in [0.2, 0.25) is 0 Å². The van der Waals surface area contributed by atoms with Crippen molar-refractivity contribution in [2.24, 2.45) is 5.84 Å². The summed E-state index contributed by atoms with van der Waals surface area (Å²) in [5.74, 6) is 9.11. The van der Waals surface area contributed by atoms with Crippen LogP contribution in [0, 0.1) is 0 Å². The van der Waals surface area contributed by atoms with E-state index in [9.17, 15) is 0 Å². The van der Waals surface area contributed by atoms with Crippen LogP contribution in [0.25, 0.3) is 0 Å². The van der Waals surface area contributed by atoms with Gasteiger partial charge in [-0.15, -0.1) is 0 Å². The van der Waals surface area contributed by atoms with Crippen molar-refractivity contribution >= 4 is 23.4 Å². The molecular weight excluding hydrogens is 246 g/mol. The third-order valence-electron chi connectivity index (χ3n) is 3.40. The summed E-state index contributed by atoms with van der Waals surface area (Å²) in [6, 6.07) is 2.41. The van der Waals surface area contributed by atoms with E-state index in [0.29, 0.717) is 17.1 Å². The quantitative estimate of drug-likeness (QED) is 0.641. The fourth-order valence-corrected chi connectivity index (χ4v) is 3.22. The van der Waals surface area contributed by atoms with Crippen LogP contribution in [0.15, 0.2) is 6.07 Å². The molecule has 3 N–H and O–H groups in total. The van der Waals surface area contributed by atoms with E-state index in [2.05, 4.69) is 41.1 Å². The highest BCUT2D eigenvalue weighted by atomic mass is 32.2. The second kappa shape index (κ2) is 5.75. The number of hydrogen-bond donors (Lipinski definition) is 2. The third kappa shape index (κ3) is 2.70. The second-order valence-electron chi connectivity index (χ2n) is 4.54. The maximum absolute atomic E-state index is 5.47. The lowest BCUT2D eigenvalue weighted by Gasteiger charge is -2.38. The number of hydrazine groups is 1. The molecule has 1 aliphatic rings. The molecule has 0 spiro atoms. The largest absolute Gasteiger partial charge is 0.352 e. The zero-order chi connectivity index (χ0) is 13.1. The zero-order valence-corrected chi connectivity index (χ0v) is 12.0. The minimum atomic E-state index is 0.481. The van der Waals surface area contributed by atoms with E-state index < -0.39 is 0 Å². The van der Waals surface area contributed by atoms with Crippen LogP contribution < -0.4 is 16.2 Å². The summed E-state index contributed by atoms with van der Waals surface area (Å²) in [7, 11) is 0. The smallest absolute Gasteiger partial charge is 0.145 e. The zero-order valence-electron chi connectivity index (χ0n) is 11.2. The Morgan fingerprint density at radius 1 is 1.50 bits per heavy atom. The van der Waals surface area contributed by atoms with E-state index in [1.807, 2.05) is 17.8 Å². The molecule has 100 valence electrons. The fraction of sp³-hybridized carbons (Fsp3) is 0.667. The normalized spacial score (nSPS) is 24.1. The number of aryl methyl sites for hydroxylation is 1. The van der Waals surface area contributed by atoms with Gasteiger partial charge in [0.25, 0.3) is 0 Å². The van der Waals surface area contributed by atoms with Gasteiger partial charge in [0, 0.05) is 36.1 Å².